The van der Waals surface area contributed by atoms with Gasteiger partial charge in [-0.15, -0.1) is 0 Å². The van der Waals surface area contributed by atoms with Gasteiger partial charge < -0.3 is 20.7 Å². The number of hydrogen-bond donors (Lipinski definition) is 2. The van der Waals surface area contributed by atoms with Crippen LogP contribution in [0.15, 0.2) is 18.2 Å². The van der Waals surface area contributed by atoms with Crippen molar-refractivity contribution < 1.29 is 9.53 Å². The Morgan fingerprint density at radius 2 is 2.16 bits per heavy atom. The first-order valence-electron chi connectivity index (χ1n) is 6.43. The lowest BCUT2D eigenvalue weighted by Crippen LogP contribution is -2.35. The fraction of sp³-hybridized carbons (Fsp3) is 0.500. The Kier molecular flexibility index (Phi) is 5.48. The molecule has 0 heterocycles. The number of amides is 1. The van der Waals surface area contributed by atoms with Crippen molar-refractivity contribution in [3.8, 4) is 5.75 Å². The summed E-state index contributed by atoms with van der Waals surface area (Å²) in [5, 5.41) is 2.84. The number of carbonyl (C=O) groups is 1. The lowest BCUT2D eigenvalue weighted by molar-refractivity contribution is -0.123. The summed E-state index contributed by atoms with van der Waals surface area (Å²) in [5.41, 5.74) is 7.34. The summed E-state index contributed by atoms with van der Waals surface area (Å²) in [6, 6.07) is 5.66. The first-order valence-corrected chi connectivity index (χ1v) is 6.43. The lowest BCUT2D eigenvalue weighted by Gasteiger charge is -2.16. The van der Waals surface area contributed by atoms with Crippen LogP contribution in [0.5, 0.6) is 5.75 Å². The Labute approximate surface area is 114 Å². The van der Waals surface area contributed by atoms with Crippen LogP contribution in [0.3, 0.4) is 0 Å². The van der Waals surface area contributed by atoms with E-state index in [4.69, 9.17) is 10.5 Å². The van der Waals surface area contributed by atoms with Crippen LogP contribution >= 0.6 is 0 Å². The van der Waals surface area contributed by atoms with E-state index in [2.05, 4.69) is 5.32 Å². The van der Waals surface area contributed by atoms with Crippen molar-refractivity contribution in [2.24, 2.45) is 0 Å². The molecule has 0 aliphatic rings. The molecular weight excluding hydrogens is 242 g/mol. The summed E-state index contributed by atoms with van der Waals surface area (Å²) < 4.78 is 5.47. The monoisotopic (exact) mass is 265 g/mol. The van der Waals surface area contributed by atoms with Gasteiger partial charge in [0.2, 0.25) is 0 Å². The molecule has 0 fully saturated rings. The van der Waals surface area contributed by atoms with Crippen molar-refractivity contribution >= 4 is 17.3 Å². The van der Waals surface area contributed by atoms with Gasteiger partial charge in [-0.3, -0.25) is 4.79 Å². The third-order valence-corrected chi connectivity index (χ3v) is 2.89. The van der Waals surface area contributed by atoms with Gasteiger partial charge in [0.15, 0.2) is 6.61 Å². The molecule has 1 atom stereocenters. The molecule has 0 radical (unpaired) electrons. The van der Waals surface area contributed by atoms with Crippen LogP contribution in [-0.2, 0) is 4.79 Å². The highest BCUT2D eigenvalue weighted by molar-refractivity contribution is 5.78. The van der Waals surface area contributed by atoms with E-state index < -0.39 is 0 Å². The van der Waals surface area contributed by atoms with Gasteiger partial charge in [0, 0.05) is 31.9 Å². The molecule has 106 valence electrons. The van der Waals surface area contributed by atoms with E-state index in [0.29, 0.717) is 11.4 Å². The number of nitrogens with two attached hydrogens (primary N) is 1. The Balaban J connectivity index is 2.62. The molecule has 1 amide bonds. The smallest absolute Gasteiger partial charge is 0.258 e. The van der Waals surface area contributed by atoms with E-state index in [1.54, 1.807) is 6.07 Å². The fourth-order valence-electron chi connectivity index (χ4n) is 1.49. The molecule has 5 heteroatoms. The highest BCUT2D eigenvalue weighted by atomic mass is 16.5. The van der Waals surface area contributed by atoms with Crippen LogP contribution < -0.4 is 20.7 Å². The average molecular weight is 265 g/mol. The number of carbonyl (C=O) groups excluding carboxylic acids is 1. The second-order valence-electron chi connectivity index (χ2n) is 4.78. The topological polar surface area (TPSA) is 67.6 Å². The van der Waals surface area contributed by atoms with Crippen molar-refractivity contribution in [2.75, 3.05) is 31.3 Å². The summed E-state index contributed by atoms with van der Waals surface area (Å²) in [5.74, 6) is 0.398. The normalized spacial score (nSPS) is 11.8. The second kappa shape index (κ2) is 6.87. The van der Waals surface area contributed by atoms with Crippen LogP contribution in [0.25, 0.3) is 0 Å². The zero-order valence-corrected chi connectivity index (χ0v) is 12.1. The Morgan fingerprint density at radius 1 is 1.47 bits per heavy atom. The summed E-state index contributed by atoms with van der Waals surface area (Å²) in [6.07, 6.45) is 0.893. The zero-order valence-electron chi connectivity index (χ0n) is 12.1. The minimum Gasteiger partial charge on any atom is -0.482 e. The van der Waals surface area contributed by atoms with E-state index in [1.165, 1.54) is 0 Å². The van der Waals surface area contributed by atoms with E-state index >= 15 is 0 Å². The van der Waals surface area contributed by atoms with E-state index in [9.17, 15) is 4.79 Å². The van der Waals surface area contributed by atoms with E-state index in [-0.39, 0.29) is 18.6 Å². The number of nitrogens with one attached hydrogen (secondary N) is 1. The SMILES string of the molecule is CCC(C)NC(=O)COc1cc(N(C)C)ccc1N. The van der Waals surface area contributed by atoms with Crippen LogP contribution in [0.1, 0.15) is 20.3 Å². The number of benzene rings is 1. The minimum absolute atomic E-state index is 0.0224. The molecule has 1 aromatic carbocycles. The number of rotatable bonds is 6. The van der Waals surface area contributed by atoms with Gasteiger partial charge in [-0.2, -0.15) is 0 Å². The summed E-state index contributed by atoms with van der Waals surface area (Å²) >= 11 is 0. The van der Waals surface area contributed by atoms with Crippen molar-refractivity contribution in [1.29, 1.82) is 0 Å². The van der Waals surface area contributed by atoms with Crippen LogP contribution in [0.2, 0.25) is 0 Å². The molecular formula is C14H23N3O2. The quantitative estimate of drug-likeness (QED) is 0.767. The lowest BCUT2D eigenvalue weighted by atomic mass is 10.2. The Morgan fingerprint density at radius 3 is 2.74 bits per heavy atom. The molecule has 1 rings (SSSR count). The van der Waals surface area contributed by atoms with E-state index in [1.807, 2.05) is 45.0 Å². The summed E-state index contributed by atoms with van der Waals surface area (Å²) in [7, 11) is 3.87. The molecule has 0 aliphatic heterocycles. The maximum Gasteiger partial charge on any atom is 0.258 e. The maximum absolute atomic E-state index is 11.6. The van der Waals surface area contributed by atoms with Crippen molar-refractivity contribution in [2.45, 2.75) is 26.3 Å². The molecule has 0 aliphatic carbocycles. The molecule has 1 unspecified atom stereocenters. The molecule has 3 N–H and O–H groups in total. The molecule has 19 heavy (non-hydrogen) atoms. The fourth-order valence-corrected chi connectivity index (χ4v) is 1.49. The van der Waals surface area contributed by atoms with Gasteiger partial charge in [-0.05, 0) is 25.5 Å². The van der Waals surface area contributed by atoms with Gasteiger partial charge >= 0.3 is 0 Å². The molecule has 0 saturated heterocycles. The third-order valence-electron chi connectivity index (χ3n) is 2.89. The van der Waals surface area contributed by atoms with Crippen LogP contribution in [0, 0.1) is 0 Å². The Hall–Kier alpha value is -1.91. The number of anilines is 2. The highest BCUT2D eigenvalue weighted by Crippen LogP contribution is 2.26. The van der Waals surface area contributed by atoms with Gasteiger partial charge in [-0.1, -0.05) is 6.92 Å². The van der Waals surface area contributed by atoms with Crippen molar-refractivity contribution in [3.63, 3.8) is 0 Å². The second-order valence-corrected chi connectivity index (χ2v) is 4.78. The molecule has 0 saturated carbocycles. The maximum atomic E-state index is 11.6. The number of hydrogen-bond acceptors (Lipinski definition) is 4. The summed E-state index contributed by atoms with van der Waals surface area (Å²) in [6.45, 7) is 3.95. The molecule has 0 aromatic heterocycles. The van der Waals surface area contributed by atoms with Gasteiger partial charge in [0.1, 0.15) is 5.75 Å². The van der Waals surface area contributed by atoms with Crippen molar-refractivity contribution in [3.05, 3.63) is 18.2 Å². The Bertz CT molecular complexity index is 433. The number of nitrogen functional groups attached to an aromatic ring is 1. The van der Waals surface area contributed by atoms with Crippen LogP contribution in [0.4, 0.5) is 11.4 Å². The molecule has 1 aromatic rings. The molecule has 0 spiro atoms. The molecule has 0 bridgehead atoms. The number of ether oxygens (including phenoxy) is 1. The van der Waals surface area contributed by atoms with Crippen molar-refractivity contribution in [1.82, 2.24) is 5.32 Å². The average Bonchev–Trinajstić information content (AvgIpc) is 2.37. The molecule has 5 nitrogen and oxygen atoms in total. The van der Waals surface area contributed by atoms with E-state index in [0.717, 1.165) is 12.1 Å². The summed E-state index contributed by atoms with van der Waals surface area (Å²) in [4.78, 5) is 13.6. The highest BCUT2D eigenvalue weighted by Gasteiger charge is 2.09. The third kappa shape index (κ3) is 4.69. The van der Waals surface area contributed by atoms with Gasteiger partial charge in [-0.25, -0.2) is 0 Å². The van der Waals surface area contributed by atoms with Crippen LogP contribution in [-0.4, -0.2) is 32.7 Å². The van der Waals surface area contributed by atoms with Gasteiger partial charge in [0.05, 0.1) is 5.69 Å². The largest absolute Gasteiger partial charge is 0.482 e. The standard InChI is InChI=1S/C14H23N3O2/c1-5-10(2)16-14(18)9-19-13-8-11(17(3)4)6-7-12(13)15/h6-8,10H,5,9,15H2,1-4H3,(H,16,18). The first-order chi connectivity index (χ1) is 8.93. The predicted octanol–water partition coefficient (Wildman–Crippen LogP) is 1.63. The first kappa shape index (κ1) is 15.1. The number of nitrogens with zero attached hydrogens (tertiary/aromatic N) is 1. The predicted molar refractivity (Wildman–Crippen MR) is 78.6 cm³/mol. The minimum atomic E-state index is -0.135. The van der Waals surface area contributed by atoms with Gasteiger partial charge in [0.25, 0.3) is 5.91 Å². The zero-order chi connectivity index (χ0) is 14.4.